The molecule has 1 aliphatic heterocycles. The molecule has 220 valence electrons. The maximum Gasteiger partial charge on any atom is 0.259 e. The van der Waals surface area contributed by atoms with E-state index in [2.05, 4.69) is 16.4 Å². The summed E-state index contributed by atoms with van der Waals surface area (Å²) in [6.45, 7) is 8.31. The summed E-state index contributed by atoms with van der Waals surface area (Å²) in [7, 11) is 1.71. The number of pyridine rings is 2. The molecule has 4 aromatic rings. The van der Waals surface area contributed by atoms with Gasteiger partial charge in [0.15, 0.2) is 0 Å². The standard InChI is InChI=1S/C32H37N5O4S/c1-5-37-26-8-7-24(20-27(26)35(4)30(39)32(2,3)31(37)40)41-17-6-13-33-21-22-9-14-34-23(19-22)10-15-36-16-11-28-25(29(36)38)12-18-42-28/h7-9,11-12,14,16,18-20,33H,5-6,10,13,15,17,21H2,1-4H3. The summed E-state index contributed by atoms with van der Waals surface area (Å²) < 4.78 is 8.77. The van der Waals surface area contributed by atoms with Gasteiger partial charge in [0.1, 0.15) is 11.2 Å². The van der Waals surface area contributed by atoms with Crippen LogP contribution in [-0.4, -0.2) is 48.1 Å². The number of hydrogen-bond donors (Lipinski definition) is 1. The second kappa shape index (κ2) is 12.5. The molecular weight excluding hydrogens is 550 g/mol. The number of amides is 2. The smallest absolute Gasteiger partial charge is 0.259 e. The molecular formula is C32H37N5O4S. The van der Waals surface area contributed by atoms with Crippen molar-refractivity contribution < 1.29 is 14.3 Å². The Hall–Kier alpha value is -4.02. The number of anilines is 2. The van der Waals surface area contributed by atoms with Gasteiger partial charge in [-0.2, -0.15) is 0 Å². The van der Waals surface area contributed by atoms with Crippen molar-refractivity contribution >= 4 is 44.6 Å². The molecule has 42 heavy (non-hydrogen) atoms. The molecule has 0 fully saturated rings. The number of benzene rings is 1. The minimum atomic E-state index is -1.13. The SMILES string of the molecule is CCN1C(=O)C(C)(C)C(=O)N(C)c2cc(OCCCNCc3ccnc(CCn4ccc5sccc5c4=O)c3)ccc21. The molecule has 2 amide bonds. The van der Waals surface area contributed by atoms with Crippen LogP contribution in [0.2, 0.25) is 0 Å². The fourth-order valence-corrected chi connectivity index (χ4v) is 6.06. The fourth-order valence-electron chi connectivity index (χ4n) is 5.28. The monoisotopic (exact) mass is 587 g/mol. The predicted molar refractivity (Wildman–Crippen MR) is 168 cm³/mol. The summed E-state index contributed by atoms with van der Waals surface area (Å²) in [5, 5.41) is 6.17. The number of carbonyl (C=O) groups is 2. The molecule has 0 aliphatic carbocycles. The van der Waals surface area contributed by atoms with Crippen molar-refractivity contribution in [3.8, 4) is 5.75 Å². The van der Waals surface area contributed by atoms with Gasteiger partial charge in [0.05, 0.1) is 23.4 Å². The Morgan fingerprint density at radius 1 is 1.02 bits per heavy atom. The average molecular weight is 588 g/mol. The number of thiophene rings is 1. The first-order chi connectivity index (χ1) is 20.2. The average Bonchev–Trinajstić information content (AvgIpc) is 3.47. The molecule has 9 nitrogen and oxygen atoms in total. The largest absolute Gasteiger partial charge is 0.493 e. The van der Waals surface area contributed by atoms with E-state index in [0.717, 1.165) is 34.3 Å². The Morgan fingerprint density at radius 3 is 2.67 bits per heavy atom. The lowest BCUT2D eigenvalue weighted by molar-refractivity contribution is -0.137. The van der Waals surface area contributed by atoms with Crippen LogP contribution >= 0.6 is 11.3 Å². The molecule has 0 radical (unpaired) electrons. The number of nitrogens with one attached hydrogen (secondary N) is 1. The maximum atomic E-state index is 13.1. The Kier molecular flexibility index (Phi) is 8.74. The van der Waals surface area contributed by atoms with Crippen LogP contribution in [-0.2, 0) is 29.1 Å². The van der Waals surface area contributed by atoms with Gasteiger partial charge in [0.2, 0.25) is 11.8 Å². The van der Waals surface area contributed by atoms with Crippen LogP contribution in [0.3, 0.4) is 0 Å². The predicted octanol–water partition coefficient (Wildman–Crippen LogP) is 4.61. The Balaban J connectivity index is 1.10. The van der Waals surface area contributed by atoms with Gasteiger partial charge in [-0.15, -0.1) is 11.3 Å². The van der Waals surface area contributed by atoms with E-state index in [-0.39, 0.29) is 17.4 Å². The highest BCUT2D eigenvalue weighted by Crippen LogP contribution is 2.40. The zero-order chi connectivity index (χ0) is 29.9. The van der Waals surface area contributed by atoms with Crippen molar-refractivity contribution in [2.24, 2.45) is 5.41 Å². The first-order valence-corrected chi connectivity index (χ1v) is 15.2. The summed E-state index contributed by atoms with van der Waals surface area (Å²) in [6, 6.07) is 13.5. The Bertz CT molecular complexity index is 1660. The number of aromatic nitrogens is 2. The lowest BCUT2D eigenvalue weighted by atomic mass is 9.90. The minimum absolute atomic E-state index is 0.0437. The van der Waals surface area contributed by atoms with E-state index in [4.69, 9.17) is 4.74 Å². The molecule has 1 aliphatic rings. The molecule has 1 aromatic carbocycles. The molecule has 3 aromatic heterocycles. The summed E-state index contributed by atoms with van der Waals surface area (Å²) in [6.07, 6.45) is 5.15. The van der Waals surface area contributed by atoms with E-state index < -0.39 is 5.41 Å². The molecule has 0 bridgehead atoms. The highest BCUT2D eigenvalue weighted by atomic mass is 32.1. The third kappa shape index (κ3) is 5.96. The van der Waals surface area contributed by atoms with Gasteiger partial charge in [0, 0.05) is 62.0 Å². The fraction of sp³-hybridized carbons (Fsp3) is 0.375. The van der Waals surface area contributed by atoms with Crippen LogP contribution in [0.25, 0.3) is 10.1 Å². The van der Waals surface area contributed by atoms with Gasteiger partial charge in [-0.25, -0.2) is 0 Å². The van der Waals surface area contributed by atoms with Crippen molar-refractivity contribution in [1.29, 1.82) is 0 Å². The number of rotatable bonds is 11. The first-order valence-electron chi connectivity index (χ1n) is 14.3. The molecule has 0 spiro atoms. The molecule has 1 N–H and O–H groups in total. The number of aryl methyl sites for hydroxylation is 2. The van der Waals surface area contributed by atoms with Crippen LogP contribution in [0.4, 0.5) is 11.4 Å². The van der Waals surface area contributed by atoms with Crippen LogP contribution < -0.4 is 25.4 Å². The van der Waals surface area contributed by atoms with E-state index in [1.807, 2.05) is 61.1 Å². The topological polar surface area (TPSA) is 96.8 Å². The molecule has 0 atom stereocenters. The lowest BCUT2D eigenvalue weighted by Crippen LogP contribution is -2.47. The van der Waals surface area contributed by atoms with Gasteiger partial charge in [-0.05, 0) is 81.1 Å². The summed E-state index contributed by atoms with van der Waals surface area (Å²) in [4.78, 5) is 46.5. The zero-order valence-corrected chi connectivity index (χ0v) is 25.4. The van der Waals surface area contributed by atoms with Crippen molar-refractivity contribution in [2.75, 3.05) is 36.5 Å². The van der Waals surface area contributed by atoms with Gasteiger partial charge >= 0.3 is 0 Å². The first kappa shape index (κ1) is 29.5. The van der Waals surface area contributed by atoms with Crippen LogP contribution in [0.5, 0.6) is 5.75 Å². The van der Waals surface area contributed by atoms with Crippen LogP contribution in [0.1, 0.15) is 38.4 Å². The summed E-state index contributed by atoms with van der Waals surface area (Å²) in [5.74, 6) is 0.222. The minimum Gasteiger partial charge on any atom is -0.493 e. The van der Waals surface area contributed by atoms with Crippen molar-refractivity contribution in [2.45, 2.75) is 46.7 Å². The van der Waals surface area contributed by atoms with Crippen LogP contribution in [0.15, 0.2) is 65.0 Å². The van der Waals surface area contributed by atoms with Gasteiger partial charge in [-0.3, -0.25) is 19.4 Å². The van der Waals surface area contributed by atoms with E-state index in [1.165, 1.54) is 0 Å². The molecule has 0 saturated carbocycles. The van der Waals surface area contributed by atoms with Crippen molar-refractivity contribution in [1.82, 2.24) is 14.9 Å². The van der Waals surface area contributed by atoms with E-state index >= 15 is 0 Å². The number of hydrogen-bond acceptors (Lipinski definition) is 7. The van der Waals surface area contributed by atoms with E-state index in [0.29, 0.717) is 49.8 Å². The second-order valence-electron chi connectivity index (χ2n) is 11.0. The van der Waals surface area contributed by atoms with Crippen molar-refractivity contribution in [3.63, 3.8) is 0 Å². The summed E-state index contributed by atoms with van der Waals surface area (Å²) >= 11 is 1.58. The molecule has 4 heterocycles. The van der Waals surface area contributed by atoms with Gasteiger partial charge in [0.25, 0.3) is 5.56 Å². The maximum absolute atomic E-state index is 13.1. The Labute approximate surface area is 249 Å². The third-order valence-corrected chi connectivity index (χ3v) is 8.59. The van der Waals surface area contributed by atoms with Crippen molar-refractivity contribution in [3.05, 3.63) is 81.8 Å². The quantitative estimate of drug-likeness (QED) is 0.203. The summed E-state index contributed by atoms with van der Waals surface area (Å²) in [5.41, 5.74) is 2.38. The van der Waals surface area contributed by atoms with Crippen LogP contribution in [0, 0.1) is 5.41 Å². The Morgan fingerprint density at radius 2 is 1.86 bits per heavy atom. The molecule has 0 saturated heterocycles. The van der Waals surface area contributed by atoms with E-state index in [1.54, 1.807) is 46.6 Å². The normalized spacial score (nSPS) is 14.8. The highest BCUT2D eigenvalue weighted by molar-refractivity contribution is 7.17. The number of carbonyl (C=O) groups excluding carboxylic acids is 2. The number of nitrogens with zero attached hydrogens (tertiary/aromatic N) is 4. The molecule has 0 unspecified atom stereocenters. The van der Waals surface area contributed by atoms with Gasteiger partial charge < -0.3 is 24.4 Å². The molecule has 10 heteroatoms. The highest BCUT2D eigenvalue weighted by Gasteiger charge is 2.45. The zero-order valence-electron chi connectivity index (χ0n) is 24.6. The molecule has 5 rings (SSSR count). The lowest BCUT2D eigenvalue weighted by Gasteiger charge is -2.27. The number of fused-ring (bicyclic) bond motifs is 2. The second-order valence-corrected chi connectivity index (χ2v) is 11.9. The van der Waals surface area contributed by atoms with Gasteiger partial charge in [-0.1, -0.05) is 0 Å². The number of ether oxygens (including phenoxy) is 1. The third-order valence-electron chi connectivity index (χ3n) is 7.71. The van der Waals surface area contributed by atoms with E-state index in [9.17, 15) is 14.4 Å².